The van der Waals surface area contributed by atoms with Crippen molar-refractivity contribution in [2.75, 3.05) is 11.9 Å². The minimum absolute atomic E-state index is 0.551. The van der Waals surface area contributed by atoms with Gasteiger partial charge in [0.15, 0.2) is 0 Å². The lowest BCUT2D eigenvalue weighted by atomic mass is 9.94. The highest BCUT2D eigenvalue weighted by Crippen LogP contribution is 2.22. The van der Waals surface area contributed by atoms with Crippen molar-refractivity contribution in [1.82, 2.24) is 0 Å². The molecule has 2 atom stereocenters. The van der Waals surface area contributed by atoms with Gasteiger partial charge in [-0.1, -0.05) is 52.2 Å². The van der Waals surface area contributed by atoms with E-state index in [0.29, 0.717) is 6.10 Å². The van der Waals surface area contributed by atoms with Crippen LogP contribution in [0.15, 0.2) is 24.3 Å². The van der Waals surface area contributed by atoms with Crippen molar-refractivity contribution in [3.63, 3.8) is 0 Å². The molecular formula is C17H25BrO. The zero-order valence-electron chi connectivity index (χ0n) is 11.9. The van der Waals surface area contributed by atoms with Crippen LogP contribution in [0.4, 0.5) is 0 Å². The van der Waals surface area contributed by atoms with E-state index < -0.39 is 0 Å². The molecule has 1 saturated heterocycles. The second kappa shape index (κ2) is 8.06. The minimum Gasteiger partial charge on any atom is -0.378 e. The van der Waals surface area contributed by atoms with Crippen LogP contribution in [0.3, 0.4) is 0 Å². The quantitative estimate of drug-likeness (QED) is 0.648. The molecule has 1 aliphatic rings. The fourth-order valence-electron chi connectivity index (χ4n) is 2.91. The fraction of sp³-hybridized carbons (Fsp3) is 0.647. The van der Waals surface area contributed by atoms with Crippen LogP contribution in [-0.2, 0) is 11.2 Å². The van der Waals surface area contributed by atoms with E-state index >= 15 is 0 Å². The van der Waals surface area contributed by atoms with Crippen LogP contribution >= 0.6 is 15.9 Å². The van der Waals surface area contributed by atoms with E-state index in [1.165, 1.54) is 49.7 Å². The summed E-state index contributed by atoms with van der Waals surface area (Å²) < 4.78 is 5.69. The maximum absolute atomic E-state index is 5.69. The molecule has 1 aromatic carbocycles. The van der Waals surface area contributed by atoms with Gasteiger partial charge in [-0.25, -0.2) is 0 Å². The van der Waals surface area contributed by atoms with Crippen molar-refractivity contribution in [2.45, 2.75) is 51.6 Å². The molecule has 0 aliphatic carbocycles. The second-order valence-corrected chi connectivity index (χ2v) is 6.43. The number of benzene rings is 1. The van der Waals surface area contributed by atoms with E-state index in [1.807, 2.05) is 0 Å². The first-order chi connectivity index (χ1) is 9.28. The molecular weight excluding hydrogens is 300 g/mol. The largest absolute Gasteiger partial charge is 0.378 e. The van der Waals surface area contributed by atoms with Gasteiger partial charge in [-0.15, -0.1) is 0 Å². The van der Waals surface area contributed by atoms with Gasteiger partial charge in [-0.3, -0.25) is 0 Å². The molecule has 2 heteroatoms. The van der Waals surface area contributed by atoms with Gasteiger partial charge in [0.25, 0.3) is 0 Å². The standard InChI is InChI=1S/C17H25BrO/c1-14-5-2-6-15(11-14)12-16(13-18)7-3-8-17-9-4-10-19-17/h2,5-6,11,16-17H,3-4,7-10,12-13H2,1H3. The lowest BCUT2D eigenvalue weighted by molar-refractivity contribution is 0.101. The molecule has 1 aliphatic heterocycles. The SMILES string of the molecule is Cc1cccc(CC(CBr)CCCC2CCCO2)c1. The normalized spacial score (nSPS) is 20.6. The molecule has 2 rings (SSSR count). The Hall–Kier alpha value is -0.340. The zero-order valence-corrected chi connectivity index (χ0v) is 13.5. The van der Waals surface area contributed by atoms with Gasteiger partial charge in [0.2, 0.25) is 0 Å². The van der Waals surface area contributed by atoms with Crippen LogP contribution in [0.2, 0.25) is 0 Å². The van der Waals surface area contributed by atoms with E-state index in [-0.39, 0.29) is 0 Å². The first-order valence-corrected chi connectivity index (χ1v) is 8.63. The second-order valence-electron chi connectivity index (χ2n) is 5.78. The Morgan fingerprint density at radius 2 is 2.32 bits per heavy atom. The average molecular weight is 325 g/mol. The van der Waals surface area contributed by atoms with E-state index in [1.54, 1.807) is 0 Å². The predicted molar refractivity (Wildman–Crippen MR) is 85.0 cm³/mol. The molecule has 2 unspecified atom stereocenters. The Morgan fingerprint density at radius 3 is 3.00 bits per heavy atom. The summed E-state index contributed by atoms with van der Waals surface area (Å²) in [5.74, 6) is 0.753. The molecule has 0 radical (unpaired) electrons. The number of aryl methyl sites for hydroxylation is 1. The molecule has 0 spiro atoms. The summed E-state index contributed by atoms with van der Waals surface area (Å²) in [6.45, 7) is 3.15. The molecule has 1 heterocycles. The summed E-state index contributed by atoms with van der Waals surface area (Å²) in [4.78, 5) is 0. The molecule has 19 heavy (non-hydrogen) atoms. The summed E-state index contributed by atoms with van der Waals surface area (Å²) in [7, 11) is 0. The Labute approximate surface area is 125 Å². The molecule has 0 saturated carbocycles. The zero-order chi connectivity index (χ0) is 13.5. The molecule has 1 aromatic rings. The highest BCUT2D eigenvalue weighted by Gasteiger charge is 2.16. The number of hydrogen-bond acceptors (Lipinski definition) is 1. The Balaban J connectivity index is 1.73. The summed E-state index contributed by atoms with van der Waals surface area (Å²) in [6, 6.07) is 8.91. The molecule has 0 aromatic heterocycles. The van der Waals surface area contributed by atoms with Crippen LogP contribution in [0.25, 0.3) is 0 Å². The van der Waals surface area contributed by atoms with Crippen molar-refractivity contribution in [2.24, 2.45) is 5.92 Å². The maximum Gasteiger partial charge on any atom is 0.0576 e. The van der Waals surface area contributed by atoms with E-state index in [4.69, 9.17) is 4.74 Å². The van der Waals surface area contributed by atoms with Gasteiger partial charge in [-0.05, 0) is 50.5 Å². The Kier molecular flexibility index (Phi) is 6.39. The minimum atomic E-state index is 0.551. The average Bonchev–Trinajstić information content (AvgIpc) is 2.91. The Bertz CT molecular complexity index is 371. The van der Waals surface area contributed by atoms with Crippen LogP contribution in [0, 0.1) is 12.8 Å². The fourth-order valence-corrected chi connectivity index (χ4v) is 3.47. The topological polar surface area (TPSA) is 9.23 Å². The van der Waals surface area contributed by atoms with Gasteiger partial charge < -0.3 is 4.74 Å². The summed E-state index contributed by atoms with van der Waals surface area (Å²) in [5.41, 5.74) is 2.84. The number of alkyl halides is 1. The number of rotatable bonds is 7. The summed E-state index contributed by atoms with van der Waals surface area (Å²) >= 11 is 3.67. The van der Waals surface area contributed by atoms with Crippen LogP contribution < -0.4 is 0 Å². The highest BCUT2D eigenvalue weighted by molar-refractivity contribution is 9.09. The van der Waals surface area contributed by atoms with Crippen molar-refractivity contribution in [3.05, 3.63) is 35.4 Å². The van der Waals surface area contributed by atoms with Gasteiger partial charge in [-0.2, -0.15) is 0 Å². The van der Waals surface area contributed by atoms with Crippen LogP contribution in [0.5, 0.6) is 0 Å². The van der Waals surface area contributed by atoms with Gasteiger partial charge in [0, 0.05) is 11.9 Å². The molecule has 1 fully saturated rings. The highest BCUT2D eigenvalue weighted by atomic mass is 79.9. The molecule has 106 valence electrons. The van der Waals surface area contributed by atoms with Gasteiger partial charge in [0.1, 0.15) is 0 Å². The molecule has 0 bridgehead atoms. The van der Waals surface area contributed by atoms with Crippen molar-refractivity contribution in [3.8, 4) is 0 Å². The number of ether oxygens (including phenoxy) is 1. The van der Waals surface area contributed by atoms with E-state index in [2.05, 4.69) is 47.1 Å². The maximum atomic E-state index is 5.69. The molecule has 0 N–H and O–H groups in total. The summed E-state index contributed by atoms with van der Waals surface area (Å²) in [6.07, 6.45) is 8.13. The smallest absolute Gasteiger partial charge is 0.0576 e. The predicted octanol–water partition coefficient (Wildman–Crippen LogP) is 4.90. The van der Waals surface area contributed by atoms with Crippen molar-refractivity contribution < 1.29 is 4.74 Å². The van der Waals surface area contributed by atoms with Crippen molar-refractivity contribution >= 4 is 15.9 Å². The Morgan fingerprint density at radius 1 is 1.42 bits per heavy atom. The first kappa shape index (κ1) is 15.1. The lowest BCUT2D eigenvalue weighted by Gasteiger charge is -2.16. The van der Waals surface area contributed by atoms with E-state index in [9.17, 15) is 0 Å². The first-order valence-electron chi connectivity index (χ1n) is 7.51. The molecule has 1 nitrogen and oxygen atoms in total. The third kappa shape index (κ3) is 5.27. The number of halogens is 1. The summed E-state index contributed by atoms with van der Waals surface area (Å²) in [5, 5.41) is 1.10. The molecule has 0 amide bonds. The number of hydrogen-bond donors (Lipinski definition) is 0. The lowest BCUT2D eigenvalue weighted by Crippen LogP contribution is -2.09. The third-order valence-electron chi connectivity index (χ3n) is 3.99. The van der Waals surface area contributed by atoms with Gasteiger partial charge >= 0.3 is 0 Å². The van der Waals surface area contributed by atoms with Crippen LogP contribution in [0.1, 0.15) is 43.2 Å². The third-order valence-corrected chi connectivity index (χ3v) is 4.90. The van der Waals surface area contributed by atoms with Crippen LogP contribution in [-0.4, -0.2) is 18.0 Å². The monoisotopic (exact) mass is 324 g/mol. The van der Waals surface area contributed by atoms with Gasteiger partial charge in [0.05, 0.1) is 6.10 Å². The van der Waals surface area contributed by atoms with Crippen molar-refractivity contribution in [1.29, 1.82) is 0 Å². The van der Waals surface area contributed by atoms with E-state index in [0.717, 1.165) is 17.9 Å².